The summed E-state index contributed by atoms with van der Waals surface area (Å²) in [7, 11) is 0. The normalized spacial score (nSPS) is 22.1. The number of likely N-dealkylation sites (tertiary alicyclic amines) is 3. The van der Waals surface area contributed by atoms with Gasteiger partial charge in [-0.2, -0.15) is 0 Å². The number of aliphatic hydroxyl groups is 1. The van der Waals surface area contributed by atoms with Crippen LogP contribution in [0.15, 0.2) is 30.3 Å². The quantitative estimate of drug-likeness (QED) is 0.317. The van der Waals surface area contributed by atoms with Gasteiger partial charge in [0.1, 0.15) is 10.3 Å². The molecule has 3 aromatic rings. The van der Waals surface area contributed by atoms with Crippen LogP contribution in [0.5, 0.6) is 0 Å². The van der Waals surface area contributed by atoms with Crippen LogP contribution in [-0.4, -0.2) is 100 Å². The average Bonchev–Trinajstić information content (AvgIpc) is 3.73. The second-order valence-electron chi connectivity index (χ2n) is 15.8. The van der Waals surface area contributed by atoms with Gasteiger partial charge in [0.15, 0.2) is 5.01 Å². The van der Waals surface area contributed by atoms with Gasteiger partial charge in [0.2, 0.25) is 0 Å². The summed E-state index contributed by atoms with van der Waals surface area (Å²) in [5.74, 6) is 1.03. The fraction of sp³-hybridized carbons (Fsp3) is 0.632. The van der Waals surface area contributed by atoms with Gasteiger partial charge >= 0.3 is 0 Å². The van der Waals surface area contributed by atoms with E-state index in [1.54, 1.807) is 0 Å². The Morgan fingerprint density at radius 1 is 1.02 bits per heavy atom. The smallest absolute Gasteiger partial charge is 0.280 e. The number of carbonyl (C=O) groups is 2. The first-order valence-corrected chi connectivity index (χ1v) is 19.0. The number of pyridine rings is 1. The fourth-order valence-corrected chi connectivity index (χ4v) is 8.94. The minimum Gasteiger partial charge on any atom is -0.393 e. The molecule has 4 aliphatic rings. The molecule has 1 aliphatic carbocycles. The van der Waals surface area contributed by atoms with Crippen molar-refractivity contribution in [3.8, 4) is 0 Å². The highest BCUT2D eigenvalue weighted by atomic mass is 32.1. The number of carbonyl (C=O) groups excluding carboxylic acids is 2. The van der Waals surface area contributed by atoms with Gasteiger partial charge in [-0.15, -0.1) is 0 Å². The van der Waals surface area contributed by atoms with Crippen LogP contribution in [-0.2, 0) is 12.8 Å². The van der Waals surface area contributed by atoms with Crippen LogP contribution >= 0.6 is 11.3 Å². The minimum absolute atomic E-state index is 0.0690. The molecule has 0 unspecified atom stereocenters. The van der Waals surface area contributed by atoms with Crippen molar-refractivity contribution in [1.29, 1.82) is 0 Å². The maximum Gasteiger partial charge on any atom is 0.280 e. The molecule has 2 amide bonds. The number of aromatic nitrogens is 2. The van der Waals surface area contributed by atoms with Crippen molar-refractivity contribution in [2.45, 2.75) is 84.3 Å². The maximum atomic E-state index is 13.8. The molecule has 2 aromatic heterocycles. The van der Waals surface area contributed by atoms with E-state index < -0.39 is 0 Å². The number of fused-ring (bicyclic) bond motifs is 2. The molecule has 9 nitrogen and oxygen atoms in total. The Morgan fingerprint density at radius 3 is 2.54 bits per heavy atom. The lowest BCUT2D eigenvalue weighted by atomic mass is 9.71. The highest BCUT2D eigenvalue weighted by molar-refractivity contribution is 7.19. The summed E-state index contributed by atoms with van der Waals surface area (Å²) in [5, 5.41) is 13.7. The van der Waals surface area contributed by atoms with Crippen LogP contribution in [0.2, 0.25) is 0 Å². The Labute approximate surface area is 289 Å². The molecule has 0 spiro atoms. The number of benzene rings is 1. The Bertz CT molecular complexity index is 1610. The average molecular weight is 673 g/mol. The number of rotatable bonds is 9. The van der Waals surface area contributed by atoms with E-state index in [9.17, 15) is 14.7 Å². The lowest BCUT2D eigenvalue weighted by Crippen LogP contribution is -2.53. The van der Waals surface area contributed by atoms with E-state index in [0.717, 1.165) is 93.0 Å². The van der Waals surface area contributed by atoms with E-state index in [0.29, 0.717) is 28.8 Å². The van der Waals surface area contributed by atoms with Gasteiger partial charge in [-0.05, 0) is 105 Å². The largest absolute Gasteiger partial charge is 0.393 e. The molecule has 0 bridgehead atoms. The molecule has 7 rings (SSSR count). The molecule has 1 aromatic carbocycles. The van der Waals surface area contributed by atoms with Gasteiger partial charge in [0.25, 0.3) is 11.8 Å². The summed E-state index contributed by atoms with van der Waals surface area (Å²) in [5.41, 5.74) is 5.07. The van der Waals surface area contributed by atoms with Crippen LogP contribution in [0.25, 0.3) is 10.3 Å². The van der Waals surface area contributed by atoms with Gasteiger partial charge in [0.05, 0.1) is 12.1 Å². The fourth-order valence-electron chi connectivity index (χ4n) is 8.10. The topological polar surface area (TPSA) is 102 Å². The monoisotopic (exact) mass is 672 g/mol. The minimum atomic E-state index is -0.280. The highest BCUT2D eigenvalue weighted by Gasteiger charge is 2.34. The molecule has 5 heterocycles. The number of amides is 2. The molecule has 10 heteroatoms. The zero-order valence-corrected chi connectivity index (χ0v) is 29.7. The van der Waals surface area contributed by atoms with E-state index in [1.807, 2.05) is 29.2 Å². The van der Waals surface area contributed by atoms with Crippen LogP contribution in [0.1, 0.15) is 102 Å². The number of hydrogen-bond acceptors (Lipinski definition) is 8. The Kier molecular flexibility index (Phi) is 9.88. The summed E-state index contributed by atoms with van der Waals surface area (Å²) in [6.45, 7) is 14.5. The van der Waals surface area contributed by atoms with E-state index in [-0.39, 0.29) is 29.4 Å². The van der Waals surface area contributed by atoms with Gasteiger partial charge in [-0.1, -0.05) is 44.2 Å². The van der Waals surface area contributed by atoms with E-state index in [4.69, 9.17) is 9.97 Å². The van der Waals surface area contributed by atoms with E-state index in [1.165, 1.54) is 42.8 Å². The molecule has 0 radical (unpaired) electrons. The van der Waals surface area contributed by atoms with Gasteiger partial charge in [0, 0.05) is 56.4 Å². The third kappa shape index (κ3) is 7.62. The maximum absolute atomic E-state index is 13.8. The van der Waals surface area contributed by atoms with Crippen molar-refractivity contribution in [1.82, 2.24) is 30.0 Å². The Balaban J connectivity index is 1.06. The molecule has 48 heavy (non-hydrogen) atoms. The molecule has 0 saturated carbocycles. The number of nitrogens with zero attached hydrogens (tertiary/aromatic N) is 5. The van der Waals surface area contributed by atoms with Gasteiger partial charge in [-0.3, -0.25) is 9.59 Å². The third-order valence-electron chi connectivity index (χ3n) is 11.3. The third-order valence-corrected chi connectivity index (χ3v) is 12.2. The Hall–Kier alpha value is -2.92. The lowest BCUT2D eigenvalue weighted by molar-refractivity contribution is 0.0433. The first kappa shape index (κ1) is 33.6. The first-order valence-electron chi connectivity index (χ1n) is 18.2. The standard InChI is InChI=1S/C38H52N6O3S/c1-38(2,3)29-9-10-31-28(20-29)21-33-35(40-31)48-36(41-33)34(46)39-32(13-18-42-16-11-30(45)12-17-42)26-7-6-8-27(19-26)37(47)44-23-25(24-44)22-43-14-4-5-15-43/h6-8,19,21,25,29-30,32,45H,4-5,9-18,20,22-24H2,1-3H3,(H,39,46)/t29-,32+/m0/s1. The molecule has 2 atom stereocenters. The second kappa shape index (κ2) is 14.1. The molecular formula is C38H52N6O3S. The van der Waals surface area contributed by atoms with Crippen molar-refractivity contribution >= 4 is 33.5 Å². The number of aliphatic hydroxyl groups excluding tert-OH is 1. The molecule has 3 fully saturated rings. The van der Waals surface area contributed by atoms with Gasteiger partial charge in [-0.25, -0.2) is 9.97 Å². The van der Waals surface area contributed by atoms with E-state index in [2.05, 4.69) is 42.0 Å². The number of thiazole rings is 1. The zero-order valence-electron chi connectivity index (χ0n) is 28.9. The summed E-state index contributed by atoms with van der Waals surface area (Å²) < 4.78 is 0. The molecule has 3 saturated heterocycles. The Morgan fingerprint density at radius 2 is 1.79 bits per heavy atom. The summed E-state index contributed by atoms with van der Waals surface area (Å²) in [4.78, 5) is 44.8. The first-order chi connectivity index (χ1) is 23.1. The van der Waals surface area contributed by atoms with Crippen molar-refractivity contribution in [3.63, 3.8) is 0 Å². The molecule has 3 aliphatic heterocycles. The summed E-state index contributed by atoms with van der Waals surface area (Å²) in [6, 6.07) is 9.71. The predicted octanol–water partition coefficient (Wildman–Crippen LogP) is 5.33. The number of hydrogen-bond donors (Lipinski definition) is 2. The van der Waals surface area contributed by atoms with E-state index >= 15 is 0 Å². The van der Waals surface area contributed by atoms with Crippen LogP contribution < -0.4 is 5.32 Å². The lowest BCUT2D eigenvalue weighted by Gasteiger charge is -2.41. The van der Waals surface area contributed by atoms with Crippen molar-refractivity contribution < 1.29 is 14.7 Å². The van der Waals surface area contributed by atoms with Crippen molar-refractivity contribution in [2.24, 2.45) is 17.3 Å². The van der Waals surface area contributed by atoms with Crippen molar-refractivity contribution in [2.75, 3.05) is 52.4 Å². The van der Waals surface area contributed by atoms with Crippen molar-refractivity contribution in [3.05, 3.63) is 57.7 Å². The molecular weight excluding hydrogens is 621 g/mol. The highest BCUT2D eigenvalue weighted by Crippen LogP contribution is 2.38. The zero-order chi connectivity index (χ0) is 33.4. The van der Waals surface area contributed by atoms with Crippen LogP contribution in [0.4, 0.5) is 0 Å². The number of piperidine rings is 1. The number of aryl methyl sites for hydroxylation is 1. The summed E-state index contributed by atoms with van der Waals surface area (Å²) >= 11 is 1.37. The predicted molar refractivity (Wildman–Crippen MR) is 190 cm³/mol. The molecule has 2 N–H and O–H groups in total. The summed E-state index contributed by atoms with van der Waals surface area (Å²) in [6.07, 6.45) is 7.70. The number of nitrogens with one attached hydrogen (secondary N) is 1. The molecule has 258 valence electrons. The second-order valence-corrected chi connectivity index (χ2v) is 16.8. The van der Waals surface area contributed by atoms with Crippen LogP contribution in [0.3, 0.4) is 0 Å². The SMILES string of the molecule is CC(C)(C)[C@H]1CCc2nc3sc(C(=O)N[C@H](CCN4CCC(O)CC4)c4cccc(C(=O)N5CC(CN6CCCC6)C5)c4)nc3cc2C1. The van der Waals surface area contributed by atoms with Crippen LogP contribution in [0, 0.1) is 17.3 Å². The van der Waals surface area contributed by atoms with Gasteiger partial charge < -0.3 is 25.1 Å².